The molecule has 0 unspecified atom stereocenters. The molecule has 0 bridgehead atoms. The van der Waals surface area contributed by atoms with E-state index in [0.29, 0.717) is 12.1 Å². The fourth-order valence-corrected chi connectivity index (χ4v) is 1.61. The second-order valence-corrected chi connectivity index (χ2v) is 4.64. The summed E-state index contributed by atoms with van der Waals surface area (Å²) < 4.78 is 14.0. The second-order valence-electron chi connectivity index (χ2n) is 3.32. The van der Waals surface area contributed by atoms with Gasteiger partial charge < -0.3 is 5.73 Å². The maximum Gasteiger partial charge on any atom is 0.142 e. The topological polar surface area (TPSA) is 26.0 Å². The zero-order valence-corrected chi connectivity index (χ0v) is 11.1. The maximum atomic E-state index is 13.1. The molecular formula is C12H12BrClFN. The normalized spacial score (nSPS) is 13.0. The van der Waals surface area contributed by atoms with E-state index < -0.39 is 5.82 Å². The molecule has 1 rings (SSSR count). The second kappa shape index (κ2) is 6.06. The van der Waals surface area contributed by atoms with Crippen molar-refractivity contribution in [3.8, 4) is 0 Å². The van der Waals surface area contributed by atoms with Gasteiger partial charge >= 0.3 is 0 Å². The molecule has 0 radical (unpaired) electrons. The minimum atomic E-state index is -0.419. The van der Waals surface area contributed by atoms with E-state index in [-0.39, 0.29) is 5.02 Å². The van der Waals surface area contributed by atoms with Gasteiger partial charge in [0.05, 0.1) is 5.02 Å². The minimum Gasteiger partial charge on any atom is -0.402 e. The molecule has 0 atom stereocenters. The third kappa shape index (κ3) is 3.99. The van der Waals surface area contributed by atoms with Crippen LogP contribution in [-0.4, -0.2) is 0 Å². The lowest BCUT2D eigenvalue weighted by Crippen LogP contribution is -2.01. The summed E-state index contributed by atoms with van der Waals surface area (Å²) in [5.41, 5.74) is 7.26. The predicted octanol–water partition coefficient (Wildman–Crippen LogP) is 4.16. The van der Waals surface area contributed by atoms with Crippen molar-refractivity contribution in [2.45, 2.75) is 13.3 Å². The number of nitrogens with two attached hydrogens (primary N) is 1. The van der Waals surface area contributed by atoms with Gasteiger partial charge in [-0.1, -0.05) is 39.7 Å². The van der Waals surface area contributed by atoms with E-state index in [9.17, 15) is 4.39 Å². The largest absolute Gasteiger partial charge is 0.402 e. The molecule has 2 N–H and O–H groups in total. The molecule has 0 aliphatic heterocycles. The Bertz CT molecular complexity index is 441. The molecule has 0 aliphatic rings. The van der Waals surface area contributed by atoms with E-state index in [1.807, 2.05) is 13.0 Å². The van der Waals surface area contributed by atoms with E-state index in [0.717, 1.165) is 10.0 Å². The van der Waals surface area contributed by atoms with E-state index in [1.54, 1.807) is 12.1 Å². The Kier molecular flexibility index (Phi) is 5.03. The minimum absolute atomic E-state index is 0.126. The summed E-state index contributed by atoms with van der Waals surface area (Å²) in [4.78, 5) is 0. The van der Waals surface area contributed by atoms with Gasteiger partial charge in [0.2, 0.25) is 0 Å². The lowest BCUT2D eigenvalue weighted by atomic mass is 10.1. The molecule has 0 saturated carbocycles. The van der Waals surface area contributed by atoms with Gasteiger partial charge in [-0.25, -0.2) is 4.39 Å². The molecular weight excluding hydrogens is 292 g/mol. The highest BCUT2D eigenvalue weighted by molar-refractivity contribution is 9.11. The zero-order chi connectivity index (χ0) is 12.1. The standard InChI is InChI=1S/C12H12BrClFN/c1-2-9(13)7-10(16)5-8-3-4-11(14)12(15)6-8/h2-4,6-7H,5,16H2,1H3/b9-2+,10-7-. The van der Waals surface area contributed by atoms with Crippen molar-refractivity contribution in [3.63, 3.8) is 0 Å². The van der Waals surface area contributed by atoms with E-state index in [2.05, 4.69) is 15.9 Å². The van der Waals surface area contributed by atoms with Gasteiger partial charge in [-0.05, 0) is 30.7 Å². The van der Waals surface area contributed by atoms with Gasteiger partial charge in [-0.3, -0.25) is 0 Å². The predicted molar refractivity (Wildman–Crippen MR) is 70.1 cm³/mol. The fourth-order valence-electron chi connectivity index (χ4n) is 1.20. The Morgan fingerprint density at radius 3 is 2.81 bits per heavy atom. The van der Waals surface area contributed by atoms with Gasteiger partial charge in [0.25, 0.3) is 0 Å². The first-order valence-electron chi connectivity index (χ1n) is 4.74. The van der Waals surface area contributed by atoms with Crippen molar-refractivity contribution < 1.29 is 4.39 Å². The summed E-state index contributed by atoms with van der Waals surface area (Å²) in [6, 6.07) is 4.69. The van der Waals surface area contributed by atoms with E-state index in [4.69, 9.17) is 17.3 Å². The van der Waals surface area contributed by atoms with Crippen LogP contribution in [0.1, 0.15) is 12.5 Å². The summed E-state index contributed by atoms with van der Waals surface area (Å²) in [6.07, 6.45) is 4.18. The summed E-state index contributed by atoms with van der Waals surface area (Å²) in [6.45, 7) is 1.90. The highest BCUT2D eigenvalue weighted by Gasteiger charge is 2.02. The molecule has 0 amide bonds. The lowest BCUT2D eigenvalue weighted by molar-refractivity contribution is 0.626. The van der Waals surface area contributed by atoms with Crippen LogP contribution in [0, 0.1) is 5.82 Å². The first-order chi connectivity index (χ1) is 7.52. The molecule has 0 aromatic heterocycles. The molecule has 0 aliphatic carbocycles. The van der Waals surface area contributed by atoms with Crippen LogP contribution in [0.3, 0.4) is 0 Å². The average molecular weight is 305 g/mol. The van der Waals surface area contributed by atoms with E-state index >= 15 is 0 Å². The van der Waals surface area contributed by atoms with Crippen LogP contribution < -0.4 is 5.73 Å². The number of hydrogen-bond acceptors (Lipinski definition) is 1. The Balaban J connectivity index is 2.81. The van der Waals surface area contributed by atoms with E-state index in [1.165, 1.54) is 12.1 Å². The first kappa shape index (κ1) is 13.3. The fraction of sp³-hybridized carbons (Fsp3) is 0.167. The molecule has 0 saturated heterocycles. The molecule has 16 heavy (non-hydrogen) atoms. The monoisotopic (exact) mass is 303 g/mol. The SMILES string of the molecule is C/C=C(Br)\C=C(/N)Cc1ccc(Cl)c(F)c1. The van der Waals surface area contributed by atoms with Crippen molar-refractivity contribution in [2.75, 3.05) is 0 Å². The highest BCUT2D eigenvalue weighted by Crippen LogP contribution is 2.17. The number of rotatable bonds is 3. The highest BCUT2D eigenvalue weighted by atomic mass is 79.9. The average Bonchev–Trinajstić information content (AvgIpc) is 2.23. The van der Waals surface area contributed by atoms with Crippen molar-refractivity contribution in [2.24, 2.45) is 5.73 Å². The quantitative estimate of drug-likeness (QED) is 0.834. The zero-order valence-electron chi connectivity index (χ0n) is 8.81. The van der Waals surface area contributed by atoms with Crippen LogP contribution in [-0.2, 0) is 6.42 Å². The number of halogens is 3. The maximum absolute atomic E-state index is 13.1. The number of hydrogen-bond donors (Lipinski definition) is 1. The van der Waals surface area contributed by atoms with Crippen LogP contribution in [0.25, 0.3) is 0 Å². The third-order valence-corrected chi connectivity index (χ3v) is 2.98. The van der Waals surface area contributed by atoms with Crippen molar-refractivity contribution in [3.05, 3.63) is 56.9 Å². The molecule has 0 heterocycles. The molecule has 1 aromatic carbocycles. The molecule has 0 fully saturated rings. The smallest absolute Gasteiger partial charge is 0.142 e. The summed E-state index contributed by atoms with van der Waals surface area (Å²) in [5, 5.41) is 0.126. The van der Waals surface area contributed by atoms with Gasteiger partial charge in [0.1, 0.15) is 5.82 Å². The van der Waals surface area contributed by atoms with Gasteiger partial charge in [-0.2, -0.15) is 0 Å². The number of allylic oxidation sites excluding steroid dienone is 4. The Morgan fingerprint density at radius 2 is 2.25 bits per heavy atom. The van der Waals surface area contributed by atoms with Crippen LogP contribution >= 0.6 is 27.5 Å². The molecule has 0 spiro atoms. The first-order valence-corrected chi connectivity index (χ1v) is 5.92. The van der Waals surface area contributed by atoms with Crippen LogP contribution in [0.5, 0.6) is 0 Å². The van der Waals surface area contributed by atoms with Crippen molar-refractivity contribution in [1.29, 1.82) is 0 Å². The van der Waals surface area contributed by atoms with Crippen molar-refractivity contribution >= 4 is 27.5 Å². The van der Waals surface area contributed by atoms with Crippen LogP contribution in [0.4, 0.5) is 4.39 Å². The Hall–Kier alpha value is -0.800. The summed E-state index contributed by atoms with van der Waals surface area (Å²) in [5.74, 6) is -0.419. The van der Waals surface area contributed by atoms with Crippen LogP contribution in [0.15, 0.2) is 40.5 Å². The Morgan fingerprint density at radius 1 is 1.56 bits per heavy atom. The Labute approximate surface area is 108 Å². The van der Waals surface area contributed by atoms with Crippen LogP contribution in [0.2, 0.25) is 5.02 Å². The van der Waals surface area contributed by atoms with Gasteiger partial charge in [0.15, 0.2) is 0 Å². The van der Waals surface area contributed by atoms with Gasteiger partial charge in [0, 0.05) is 16.6 Å². The summed E-state index contributed by atoms with van der Waals surface area (Å²) in [7, 11) is 0. The van der Waals surface area contributed by atoms with Gasteiger partial charge in [-0.15, -0.1) is 0 Å². The number of benzene rings is 1. The third-order valence-electron chi connectivity index (χ3n) is 1.99. The molecule has 4 heteroatoms. The molecule has 1 aromatic rings. The molecule has 86 valence electrons. The molecule has 1 nitrogen and oxygen atoms in total. The van der Waals surface area contributed by atoms with Crippen molar-refractivity contribution in [1.82, 2.24) is 0 Å². The lowest BCUT2D eigenvalue weighted by Gasteiger charge is -2.03. The summed E-state index contributed by atoms with van der Waals surface area (Å²) >= 11 is 8.91.